The monoisotopic (exact) mass is 228 g/mol. The highest BCUT2D eigenvalue weighted by Gasteiger charge is 1.97. The van der Waals surface area contributed by atoms with Gasteiger partial charge in [-0.2, -0.15) is 5.10 Å². The van der Waals surface area contributed by atoms with Crippen molar-refractivity contribution >= 4 is 24.1 Å². The molecule has 0 amide bonds. The number of nitrogens with two attached hydrogens (primary N) is 2. The highest BCUT2D eigenvalue weighted by molar-refractivity contribution is 5.99. The molecule has 1 rings (SSSR count). The van der Waals surface area contributed by atoms with Gasteiger partial charge in [0.1, 0.15) is 5.75 Å². The predicted molar refractivity (Wildman–Crippen MR) is 63.4 cm³/mol. The Morgan fingerprint density at radius 1 is 1.27 bits per heavy atom. The van der Waals surface area contributed by atoms with E-state index in [0.29, 0.717) is 5.71 Å². The Hall–Kier alpha value is -1.75. The van der Waals surface area contributed by atoms with Crippen LogP contribution in [0.1, 0.15) is 12.5 Å². The van der Waals surface area contributed by atoms with E-state index in [1.165, 1.54) is 0 Å². The van der Waals surface area contributed by atoms with Crippen LogP contribution in [-0.2, 0) is 0 Å². The van der Waals surface area contributed by atoms with E-state index in [4.69, 9.17) is 11.5 Å². The fourth-order valence-corrected chi connectivity index (χ4v) is 0.921. The quantitative estimate of drug-likeness (QED) is 0.397. The van der Waals surface area contributed by atoms with Crippen molar-refractivity contribution in [2.45, 2.75) is 6.92 Å². The number of rotatable bonds is 2. The summed E-state index contributed by atoms with van der Waals surface area (Å²) in [4.78, 5) is 0. The largest absolute Gasteiger partial charge is 0.508 e. The Balaban J connectivity index is 0.00000196. The van der Waals surface area contributed by atoms with E-state index in [9.17, 15) is 5.11 Å². The molecule has 0 aliphatic carbocycles. The molecule has 0 spiro atoms. The van der Waals surface area contributed by atoms with Crippen LogP contribution in [0.4, 0.5) is 0 Å². The van der Waals surface area contributed by atoms with E-state index in [-0.39, 0.29) is 24.1 Å². The zero-order chi connectivity index (χ0) is 10.6. The number of nitrogens with zero attached hydrogens (tertiary/aromatic N) is 2. The first-order valence-electron chi connectivity index (χ1n) is 4.02. The summed E-state index contributed by atoms with van der Waals surface area (Å²) in [6.07, 6.45) is 0. The molecule has 5 N–H and O–H groups in total. The van der Waals surface area contributed by atoms with Crippen molar-refractivity contribution in [1.29, 1.82) is 0 Å². The van der Waals surface area contributed by atoms with Crippen LogP contribution in [0.2, 0.25) is 0 Å². The van der Waals surface area contributed by atoms with Crippen LogP contribution in [0.3, 0.4) is 0 Å². The molecule has 0 aliphatic rings. The average molecular weight is 229 g/mol. The minimum atomic E-state index is -0.0931. The maximum atomic E-state index is 9.20. The zero-order valence-corrected chi connectivity index (χ0v) is 9.03. The number of benzene rings is 1. The van der Waals surface area contributed by atoms with Crippen LogP contribution < -0.4 is 11.5 Å². The first-order valence-corrected chi connectivity index (χ1v) is 4.02. The molecule has 1 aromatic rings. The van der Waals surface area contributed by atoms with Gasteiger partial charge >= 0.3 is 0 Å². The molecule has 5 nitrogen and oxygen atoms in total. The second kappa shape index (κ2) is 5.87. The third-order valence-corrected chi connectivity index (χ3v) is 1.58. The molecule has 15 heavy (non-hydrogen) atoms. The number of hydrogen-bond acceptors (Lipinski definition) is 3. The van der Waals surface area contributed by atoms with Gasteiger partial charge in [0, 0.05) is 5.56 Å². The summed E-state index contributed by atoms with van der Waals surface area (Å²) >= 11 is 0. The van der Waals surface area contributed by atoms with Crippen LogP contribution in [0.25, 0.3) is 0 Å². The summed E-state index contributed by atoms with van der Waals surface area (Å²) in [7, 11) is 0. The van der Waals surface area contributed by atoms with Crippen molar-refractivity contribution in [3.63, 3.8) is 0 Å². The molecule has 0 heterocycles. The average Bonchev–Trinajstić information content (AvgIpc) is 2.14. The van der Waals surface area contributed by atoms with E-state index in [2.05, 4.69) is 10.2 Å². The topological polar surface area (TPSA) is 97.0 Å². The lowest BCUT2D eigenvalue weighted by Crippen LogP contribution is -2.22. The normalized spacial score (nSPS) is 10.3. The van der Waals surface area contributed by atoms with Crippen molar-refractivity contribution in [3.05, 3.63) is 29.8 Å². The van der Waals surface area contributed by atoms with Gasteiger partial charge in [-0.25, -0.2) is 0 Å². The molecule has 0 saturated carbocycles. The maximum Gasteiger partial charge on any atom is 0.211 e. The Labute approximate surface area is 93.9 Å². The highest BCUT2D eigenvalue weighted by atomic mass is 35.5. The van der Waals surface area contributed by atoms with E-state index in [1.54, 1.807) is 31.2 Å². The SMILES string of the molecule is C/C(=N/N=C(N)N)c1cccc(O)c1.Cl. The van der Waals surface area contributed by atoms with Gasteiger partial charge in [0.25, 0.3) is 0 Å². The Morgan fingerprint density at radius 3 is 2.47 bits per heavy atom. The number of aromatic hydroxyl groups is 1. The second-order valence-electron chi connectivity index (χ2n) is 2.76. The minimum Gasteiger partial charge on any atom is -0.508 e. The zero-order valence-electron chi connectivity index (χ0n) is 8.21. The second-order valence-corrected chi connectivity index (χ2v) is 2.76. The lowest BCUT2D eigenvalue weighted by molar-refractivity contribution is 0.475. The van der Waals surface area contributed by atoms with Crippen LogP contribution in [0.15, 0.2) is 34.5 Å². The summed E-state index contributed by atoms with van der Waals surface area (Å²) in [5, 5.41) is 16.5. The van der Waals surface area contributed by atoms with Crippen LogP contribution >= 0.6 is 12.4 Å². The van der Waals surface area contributed by atoms with E-state index >= 15 is 0 Å². The molecule has 0 atom stereocenters. The minimum absolute atomic E-state index is 0. The summed E-state index contributed by atoms with van der Waals surface area (Å²) in [5.41, 5.74) is 11.6. The number of hydrogen-bond donors (Lipinski definition) is 3. The number of phenols is 1. The van der Waals surface area contributed by atoms with Crippen molar-refractivity contribution in [3.8, 4) is 5.75 Å². The van der Waals surface area contributed by atoms with Crippen molar-refractivity contribution in [2.24, 2.45) is 21.7 Å². The maximum absolute atomic E-state index is 9.20. The van der Waals surface area contributed by atoms with Crippen molar-refractivity contribution < 1.29 is 5.11 Å². The van der Waals surface area contributed by atoms with Gasteiger partial charge in [-0.05, 0) is 19.1 Å². The van der Waals surface area contributed by atoms with Crippen LogP contribution in [0, 0.1) is 0 Å². The number of guanidine groups is 1. The lowest BCUT2D eigenvalue weighted by Gasteiger charge is -1.98. The number of phenolic OH excluding ortho intramolecular Hbond substituents is 1. The van der Waals surface area contributed by atoms with E-state index in [1.807, 2.05) is 0 Å². The third kappa shape index (κ3) is 4.33. The fourth-order valence-electron chi connectivity index (χ4n) is 0.921. The van der Waals surface area contributed by atoms with Gasteiger partial charge in [-0.1, -0.05) is 12.1 Å². The number of halogens is 1. The van der Waals surface area contributed by atoms with Gasteiger partial charge in [0.2, 0.25) is 5.96 Å². The van der Waals surface area contributed by atoms with Crippen LogP contribution in [0.5, 0.6) is 5.75 Å². The van der Waals surface area contributed by atoms with Crippen molar-refractivity contribution in [2.75, 3.05) is 0 Å². The molecule has 0 aromatic heterocycles. The highest BCUT2D eigenvalue weighted by Crippen LogP contribution is 2.11. The van der Waals surface area contributed by atoms with Gasteiger partial charge in [0.15, 0.2) is 0 Å². The van der Waals surface area contributed by atoms with Crippen LogP contribution in [-0.4, -0.2) is 16.8 Å². The fraction of sp³-hybridized carbons (Fsp3) is 0.111. The van der Waals surface area contributed by atoms with E-state index in [0.717, 1.165) is 5.56 Å². The summed E-state index contributed by atoms with van der Waals surface area (Å²) < 4.78 is 0. The Morgan fingerprint density at radius 2 is 1.93 bits per heavy atom. The molecule has 0 unspecified atom stereocenters. The molecule has 0 aliphatic heterocycles. The van der Waals surface area contributed by atoms with Crippen molar-refractivity contribution in [1.82, 2.24) is 0 Å². The van der Waals surface area contributed by atoms with E-state index < -0.39 is 0 Å². The molecule has 6 heteroatoms. The molecule has 0 saturated heterocycles. The smallest absolute Gasteiger partial charge is 0.211 e. The van der Waals surface area contributed by atoms with Gasteiger partial charge in [0.05, 0.1) is 5.71 Å². The first kappa shape index (κ1) is 13.2. The standard InChI is InChI=1S/C9H12N4O.ClH/c1-6(12-13-9(10)11)7-3-2-4-8(14)5-7;/h2-5,14H,1H3,(H4,10,11,13);1H/b12-6-;. The molecule has 0 radical (unpaired) electrons. The Bertz CT molecular complexity index is 385. The molecule has 1 aromatic carbocycles. The lowest BCUT2D eigenvalue weighted by atomic mass is 10.1. The van der Waals surface area contributed by atoms with Gasteiger partial charge in [-0.15, -0.1) is 17.5 Å². The summed E-state index contributed by atoms with van der Waals surface area (Å²) in [6.45, 7) is 1.75. The molecule has 82 valence electrons. The molecule has 0 fully saturated rings. The predicted octanol–water partition coefficient (Wildman–Crippen LogP) is 0.811. The molecular formula is C9H13ClN4O. The Kier molecular flexibility index (Phi) is 5.19. The molecule has 0 bridgehead atoms. The molecular weight excluding hydrogens is 216 g/mol. The summed E-state index contributed by atoms with van der Waals surface area (Å²) in [5.74, 6) is 0.0891. The summed E-state index contributed by atoms with van der Waals surface area (Å²) in [6, 6.07) is 6.69. The third-order valence-electron chi connectivity index (χ3n) is 1.58. The first-order chi connectivity index (χ1) is 6.59. The van der Waals surface area contributed by atoms with Gasteiger partial charge in [-0.3, -0.25) is 0 Å². The van der Waals surface area contributed by atoms with Gasteiger partial charge < -0.3 is 16.6 Å².